The average molecular weight is 396 g/mol. The first-order valence-electron chi connectivity index (χ1n) is 8.24. The fourth-order valence-corrected chi connectivity index (χ4v) is 3.19. The maximum atomic E-state index is 13.6. The Morgan fingerprint density at radius 3 is 2.10 bits per heavy atom. The summed E-state index contributed by atoms with van der Waals surface area (Å²) in [7, 11) is 0. The van der Waals surface area contributed by atoms with Crippen LogP contribution in [0.3, 0.4) is 0 Å². The number of carbonyl (C=O) groups excluding carboxylic acids is 2. The quantitative estimate of drug-likeness (QED) is 0.409. The monoisotopic (exact) mass is 396 g/mol. The molecule has 0 saturated carbocycles. The van der Waals surface area contributed by atoms with E-state index in [2.05, 4.69) is 0 Å². The van der Waals surface area contributed by atoms with E-state index in [9.17, 15) is 33.6 Å². The van der Waals surface area contributed by atoms with E-state index in [4.69, 9.17) is 0 Å². The van der Waals surface area contributed by atoms with Crippen molar-refractivity contribution in [2.24, 2.45) is 0 Å². The number of nitrogens with zero attached hydrogens (tertiary/aromatic N) is 2. The molecule has 0 aliphatic carbocycles. The van der Waals surface area contributed by atoms with Crippen molar-refractivity contribution < 1.29 is 28.4 Å². The van der Waals surface area contributed by atoms with E-state index in [1.54, 1.807) is 0 Å². The molecule has 144 valence electrons. The van der Waals surface area contributed by atoms with Gasteiger partial charge >= 0.3 is 0 Å². The highest BCUT2D eigenvalue weighted by atomic mass is 19.1. The number of imide groups is 1. The zero-order valence-corrected chi connectivity index (χ0v) is 14.4. The van der Waals surface area contributed by atoms with Crippen LogP contribution in [0, 0.1) is 21.7 Å². The van der Waals surface area contributed by atoms with Crippen molar-refractivity contribution in [2.75, 3.05) is 4.90 Å². The number of halogens is 2. The molecule has 3 aromatic carbocycles. The maximum absolute atomic E-state index is 13.6. The van der Waals surface area contributed by atoms with E-state index >= 15 is 0 Å². The summed E-state index contributed by atoms with van der Waals surface area (Å²) in [5.74, 6) is -4.87. The lowest BCUT2D eigenvalue weighted by Crippen LogP contribution is -2.29. The third kappa shape index (κ3) is 2.80. The van der Waals surface area contributed by atoms with Gasteiger partial charge in [0.15, 0.2) is 17.4 Å². The number of anilines is 1. The molecule has 0 atom stereocenters. The van der Waals surface area contributed by atoms with Crippen LogP contribution in [0.15, 0.2) is 54.6 Å². The van der Waals surface area contributed by atoms with Gasteiger partial charge < -0.3 is 5.11 Å². The smallest absolute Gasteiger partial charge is 0.283 e. The van der Waals surface area contributed by atoms with Crippen molar-refractivity contribution >= 4 is 23.2 Å². The molecule has 1 heterocycles. The van der Waals surface area contributed by atoms with Gasteiger partial charge in [0.25, 0.3) is 17.5 Å². The Bertz CT molecular complexity index is 1180. The van der Waals surface area contributed by atoms with E-state index in [-0.39, 0.29) is 22.4 Å². The first-order valence-corrected chi connectivity index (χ1v) is 8.24. The number of aromatic hydroxyl groups is 1. The maximum Gasteiger partial charge on any atom is 0.283 e. The van der Waals surface area contributed by atoms with Gasteiger partial charge in [-0.2, -0.15) is 0 Å². The van der Waals surface area contributed by atoms with Crippen LogP contribution in [0.1, 0.15) is 20.7 Å². The molecule has 0 unspecified atom stereocenters. The Morgan fingerprint density at radius 1 is 0.897 bits per heavy atom. The number of phenolic OH excluding ortho intramolecular Hbond substituents is 1. The number of hydrogen-bond acceptors (Lipinski definition) is 5. The minimum atomic E-state index is -1.13. The predicted octanol–water partition coefficient (Wildman–Crippen LogP) is 4.05. The molecule has 0 saturated heterocycles. The number of phenols is 1. The standard InChI is InChI=1S/C20H10F2N2O5/c21-14-8-11(9-15(22)18(14)25)10-4-6-12(7-5-10)23-19(26)13-2-1-3-16(24(28)29)17(13)20(23)27/h1-9,25H. The molecule has 1 aliphatic rings. The Hall–Kier alpha value is -4.14. The number of nitro benzene ring substituents is 1. The molecule has 0 fully saturated rings. The molecular formula is C20H10F2N2O5. The second-order valence-electron chi connectivity index (χ2n) is 6.24. The predicted molar refractivity (Wildman–Crippen MR) is 97.7 cm³/mol. The van der Waals surface area contributed by atoms with Gasteiger partial charge in [-0.25, -0.2) is 13.7 Å². The molecule has 0 spiro atoms. The summed E-state index contributed by atoms with van der Waals surface area (Å²) in [4.78, 5) is 36.6. The number of hydrogen-bond donors (Lipinski definition) is 1. The molecule has 3 aromatic rings. The summed E-state index contributed by atoms with van der Waals surface area (Å²) in [6.45, 7) is 0. The molecule has 2 amide bonds. The van der Waals surface area contributed by atoms with Gasteiger partial charge in [0.2, 0.25) is 0 Å². The van der Waals surface area contributed by atoms with Gasteiger partial charge in [-0.3, -0.25) is 19.7 Å². The van der Waals surface area contributed by atoms with Crippen LogP contribution in [-0.4, -0.2) is 21.8 Å². The normalized spacial score (nSPS) is 13.0. The molecule has 9 heteroatoms. The highest BCUT2D eigenvalue weighted by Gasteiger charge is 2.41. The minimum Gasteiger partial charge on any atom is -0.503 e. The van der Waals surface area contributed by atoms with Crippen LogP contribution in [0.4, 0.5) is 20.2 Å². The lowest BCUT2D eigenvalue weighted by atomic mass is 10.0. The molecule has 0 aromatic heterocycles. The first-order chi connectivity index (χ1) is 13.8. The summed E-state index contributed by atoms with van der Waals surface area (Å²) in [6, 6.07) is 11.3. The number of benzene rings is 3. The van der Waals surface area contributed by atoms with Gasteiger partial charge in [0.1, 0.15) is 5.56 Å². The van der Waals surface area contributed by atoms with Gasteiger partial charge in [-0.15, -0.1) is 0 Å². The zero-order chi connectivity index (χ0) is 20.9. The van der Waals surface area contributed by atoms with Crippen LogP contribution in [0.2, 0.25) is 0 Å². The first kappa shape index (κ1) is 18.2. The molecule has 1 N–H and O–H groups in total. The van der Waals surface area contributed by atoms with Crippen LogP contribution in [0.5, 0.6) is 5.75 Å². The molecular weight excluding hydrogens is 386 g/mol. The molecule has 0 radical (unpaired) electrons. The van der Waals surface area contributed by atoms with E-state index in [1.165, 1.54) is 36.4 Å². The Kier molecular flexibility index (Phi) is 4.08. The van der Waals surface area contributed by atoms with Crippen molar-refractivity contribution in [3.8, 4) is 16.9 Å². The Labute approximate surface area is 161 Å². The van der Waals surface area contributed by atoms with Crippen molar-refractivity contribution in [1.82, 2.24) is 0 Å². The summed E-state index contributed by atoms with van der Waals surface area (Å²) >= 11 is 0. The van der Waals surface area contributed by atoms with Gasteiger partial charge in [0, 0.05) is 6.07 Å². The topological polar surface area (TPSA) is 101 Å². The summed E-state index contributed by atoms with van der Waals surface area (Å²) in [5.41, 5.74) is -0.161. The summed E-state index contributed by atoms with van der Waals surface area (Å²) < 4.78 is 27.1. The molecule has 7 nitrogen and oxygen atoms in total. The highest BCUT2D eigenvalue weighted by molar-refractivity contribution is 6.35. The van der Waals surface area contributed by atoms with Crippen LogP contribution >= 0.6 is 0 Å². The van der Waals surface area contributed by atoms with Gasteiger partial charge in [-0.1, -0.05) is 18.2 Å². The second kappa shape index (κ2) is 6.48. The lowest BCUT2D eigenvalue weighted by molar-refractivity contribution is -0.385. The van der Waals surface area contributed by atoms with E-state index in [1.807, 2.05) is 0 Å². The largest absolute Gasteiger partial charge is 0.503 e. The SMILES string of the molecule is O=C1c2cccc([N+](=O)[O-])c2C(=O)N1c1ccc(-c2cc(F)c(O)c(F)c2)cc1. The number of nitro groups is 1. The van der Waals surface area contributed by atoms with Crippen LogP contribution in [-0.2, 0) is 0 Å². The van der Waals surface area contributed by atoms with E-state index in [0.717, 1.165) is 23.1 Å². The number of amides is 2. The van der Waals surface area contributed by atoms with Gasteiger partial charge in [-0.05, 0) is 41.5 Å². The zero-order valence-electron chi connectivity index (χ0n) is 14.4. The van der Waals surface area contributed by atoms with E-state index < -0.39 is 39.8 Å². The van der Waals surface area contributed by atoms with Crippen molar-refractivity contribution in [3.05, 3.63) is 87.5 Å². The third-order valence-electron chi connectivity index (χ3n) is 4.57. The Morgan fingerprint density at radius 2 is 1.52 bits per heavy atom. The third-order valence-corrected chi connectivity index (χ3v) is 4.57. The second-order valence-corrected chi connectivity index (χ2v) is 6.24. The number of rotatable bonds is 3. The average Bonchev–Trinajstić information content (AvgIpc) is 2.96. The summed E-state index contributed by atoms with van der Waals surface area (Å²) in [6.07, 6.45) is 0. The molecule has 0 bridgehead atoms. The number of carbonyl (C=O) groups is 2. The summed E-state index contributed by atoms with van der Waals surface area (Å²) in [5, 5.41) is 20.4. The van der Waals surface area contributed by atoms with E-state index in [0.29, 0.717) is 5.56 Å². The Balaban J connectivity index is 1.72. The minimum absolute atomic E-state index is 0.0732. The molecule has 1 aliphatic heterocycles. The van der Waals surface area contributed by atoms with Crippen LogP contribution < -0.4 is 4.90 Å². The fourth-order valence-electron chi connectivity index (χ4n) is 3.19. The van der Waals surface area contributed by atoms with Gasteiger partial charge in [0.05, 0.1) is 16.2 Å². The fraction of sp³-hybridized carbons (Fsp3) is 0. The van der Waals surface area contributed by atoms with Crippen molar-refractivity contribution in [3.63, 3.8) is 0 Å². The molecule has 4 rings (SSSR count). The highest BCUT2D eigenvalue weighted by Crippen LogP contribution is 2.35. The van der Waals surface area contributed by atoms with Crippen molar-refractivity contribution in [2.45, 2.75) is 0 Å². The number of fused-ring (bicyclic) bond motifs is 1. The van der Waals surface area contributed by atoms with Crippen molar-refractivity contribution in [1.29, 1.82) is 0 Å². The molecule has 29 heavy (non-hydrogen) atoms. The lowest BCUT2D eigenvalue weighted by Gasteiger charge is -2.14. The van der Waals surface area contributed by atoms with Crippen LogP contribution in [0.25, 0.3) is 11.1 Å².